The van der Waals surface area contributed by atoms with Crippen LogP contribution in [0.25, 0.3) is 0 Å². The van der Waals surface area contributed by atoms with Crippen molar-refractivity contribution >= 4 is 41.0 Å². The van der Waals surface area contributed by atoms with E-state index >= 15 is 0 Å². The lowest BCUT2D eigenvalue weighted by Crippen LogP contribution is -2.30. The second kappa shape index (κ2) is 9.90. The van der Waals surface area contributed by atoms with Crippen LogP contribution in [0.5, 0.6) is 0 Å². The van der Waals surface area contributed by atoms with E-state index in [1.54, 1.807) is 6.07 Å². The molecule has 0 saturated carbocycles. The average Bonchev–Trinajstić information content (AvgIpc) is 2.48. The second-order valence-electron chi connectivity index (χ2n) is 5.38. The fraction of sp³-hybridized carbons (Fsp3) is 0.278. The summed E-state index contributed by atoms with van der Waals surface area (Å²) in [6.07, 6.45) is -0.155. The van der Waals surface area contributed by atoms with Crippen LogP contribution in [0.3, 0.4) is 0 Å². The van der Waals surface area contributed by atoms with E-state index in [2.05, 4.69) is 39.6 Å². The van der Waals surface area contributed by atoms with Gasteiger partial charge in [-0.2, -0.15) is 0 Å². The van der Waals surface area contributed by atoms with Crippen LogP contribution in [0.2, 0.25) is 0 Å². The molecule has 0 aromatic heterocycles. The van der Waals surface area contributed by atoms with Gasteiger partial charge in [-0.25, -0.2) is 4.79 Å². The van der Waals surface area contributed by atoms with Gasteiger partial charge in [0.25, 0.3) is 0 Å². The number of halogens is 2. The first-order valence-corrected chi connectivity index (χ1v) is 8.32. The van der Waals surface area contributed by atoms with E-state index < -0.39 is 0 Å². The molecule has 0 saturated heterocycles. The van der Waals surface area contributed by atoms with Crippen LogP contribution in [0.15, 0.2) is 54.6 Å². The van der Waals surface area contributed by atoms with Gasteiger partial charge >= 0.3 is 5.97 Å². The number of rotatable bonds is 6. The van der Waals surface area contributed by atoms with Crippen molar-refractivity contribution in [2.24, 2.45) is 0 Å². The van der Waals surface area contributed by atoms with Gasteiger partial charge in [0.15, 0.2) is 0 Å². The number of esters is 1. The molecule has 2 aromatic rings. The number of carbonyl (C=O) groups is 1. The average molecular weight is 446 g/mol. The third-order valence-electron chi connectivity index (χ3n) is 3.27. The van der Waals surface area contributed by atoms with Crippen LogP contribution in [0.4, 0.5) is 0 Å². The van der Waals surface area contributed by atoms with Gasteiger partial charge in [0, 0.05) is 16.7 Å². The highest BCUT2D eigenvalue weighted by Crippen LogP contribution is 2.14. The molecule has 0 aliphatic rings. The number of benzene rings is 2. The molecular formula is C18H21ClINO2. The highest BCUT2D eigenvalue weighted by Gasteiger charge is 2.15. The Balaban J connectivity index is 0.00000264. The van der Waals surface area contributed by atoms with Crippen molar-refractivity contribution in [2.75, 3.05) is 13.6 Å². The molecule has 0 radical (unpaired) electrons. The summed E-state index contributed by atoms with van der Waals surface area (Å²) in [5.41, 5.74) is 1.88. The maximum atomic E-state index is 12.2. The van der Waals surface area contributed by atoms with Gasteiger partial charge in [-0.15, -0.1) is 12.4 Å². The molecule has 0 N–H and O–H groups in total. The molecule has 0 aliphatic carbocycles. The quantitative estimate of drug-likeness (QED) is 0.488. The summed E-state index contributed by atoms with van der Waals surface area (Å²) in [5.74, 6) is -0.259. The normalized spacial score (nSPS) is 11.7. The van der Waals surface area contributed by atoms with E-state index in [-0.39, 0.29) is 24.5 Å². The van der Waals surface area contributed by atoms with Gasteiger partial charge in [0.2, 0.25) is 0 Å². The van der Waals surface area contributed by atoms with Gasteiger partial charge in [-0.3, -0.25) is 4.90 Å². The number of hydrogen-bond acceptors (Lipinski definition) is 3. The molecule has 23 heavy (non-hydrogen) atoms. The summed E-state index contributed by atoms with van der Waals surface area (Å²) in [4.78, 5) is 14.3. The van der Waals surface area contributed by atoms with Gasteiger partial charge in [0.1, 0.15) is 6.10 Å². The van der Waals surface area contributed by atoms with Crippen molar-refractivity contribution in [1.29, 1.82) is 0 Å². The fourth-order valence-corrected chi connectivity index (χ4v) is 2.92. The Morgan fingerprint density at radius 1 is 1.13 bits per heavy atom. The third kappa shape index (κ3) is 6.49. The van der Waals surface area contributed by atoms with Crippen molar-refractivity contribution in [3.63, 3.8) is 0 Å². The highest BCUT2D eigenvalue weighted by molar-refractivity contribution is 14.1. The van der Waals surface area contributed by atoms with Crippen LogP contribution in [0.1, 0.15) is 22.8 Å². The zero-order valence-corrected chi connectivity index (χ0v) is 16.2. The lowest BCUT2D eigenvalue weighted by molar-refractivity contribution is 0.0266. The molecule has 0 amide bonds. The smallest absolute Gasteiger partial charge is 0.339 e. The minimum atomic E-state index is -0.259. The minimum absolute atomic E-state index is 0. The molecule has 1 atom stereocenters. The first-order valence-electron chi connectivity index (χ1n) is 7.24. The van der Waals surface area contributed by atoms with Crippen LogP contribution in [0, 0.1) is 3.57 Å². The zero-order chi connectivity index (χ0) is 15.9. The summed E-state index contributed by atoms with van der Waals surface area (Å²) in [7, 11) is 2.03. The molecular weight excluding hydrogens is 425 g/mol. The van der Waals surface area contributed by atoms with E-state index in [9.17, 15) is 4.79 Å². The van der Waals surface area contributed by atoms with Crippen molar-refractivity contribution in [1.82, 2.24) is 4.90 Å². The minimum Gasteiger partial charge on any atom is -0.458 e. The number of nitrogens with zero attached hydrogens (tertiary/aromatic N) is 1. The van der Waals surface area contributed by atoms with Crippen molar-refractivity contribution in [3.05, 3.63) is 69.3 Å². The molecule has 0 bridgehead atoms. The van der Waals surface area contributed by atoms with E-state index in [1.807, 2.05) is 50.4 Å². The Morgan fingerprint density at radius 3 is 2.39 bits per heavy atom. The lowest BCUT2D eigenvalue weighted by Gasteiger charge is -2.21. The lowest BCUT2D eigenvalue weighted by atomic mass is 10.2. The molecule has 2 rings (SSSR count). The maximum Gasteiger partial charge on any atom is 0.339 e. The Morgan fingerprint density at radius 2 is 1.74 bits per heavy atom. The van der Waals surface area contributed by atoms with Crippen LogP contribution in [-0.4, -0.2) is 30.6 Å². The monoisotopic (exact) mass is 445 g/mol. The predicted octanol–water partition coefficient (Wildman–Crippen LogP) is 4.39. The van der Waals surface area contributed by atoms with Crippen molar-refractivity contribution < 1.29 is 9.53 Å². The number of ether oxygens (including phenoxy) is 1. The SMILES string of the molecule is CC(CN(C)Cc1ccccc1)OC(=O)c1ccccc1I.Cl. The van der Waals surface area contributed by atoms with E-state index in [0.29, 0.717) is 12.1 Å². The largest absolute Gasteiger partial charge is 0.458 e. The van der Waals surface area contributed by atoms with Crippen molar-refractivity contribution in [3.8, 4) is 0 Å². The molecule has 124 valence electrons. The number of carbonyl (C=O) groups excluding carboxylic acids is 1. The first-order chi connectivity index (χ1) is 10.6. The molecule has 0 fully saturated rings. The molecule has 1 unspecified atom stereocenters. The van der Waals surface area contributed by atoms with Crippen LogP contribution >= 0.6 is 35.0 Å². The van der Waals surface area contributed by atoms with Crippen LogP contribution in [-0.2, 0) is 11.3 Å². The molecule has 3 nitrogen and oxygen atoms in total. The first kappa shape index (κ1) is 19.9. The Bertz CT molecular complexity index is 621. The standard InChI is InChI=1S/C18H20INO2.ClH/c1-14(12-20(2)13-15-8-4-3-5-9-15)22-18(21)16-10-6-7-11-17(16)19;/h3-11,14H,12-13H2,1-2H3;1H. The summed E-state index contributed by atoms with van der Waals surface area (Å²) >= 11 is 2.15. The van der Waals surface area contributed by atoms with Gasteiger partial charge in [-0.1, -0.05) is 42.5 Å². The summed E-state index contributed by atoms with van der Waals surface area (Å²) in [5, 5.41) is 0. The Labute approximate surface area is 157 Å². The molecule has 5 heteroatoms. The molecule has 0 aliphatic heterocycles. The second-order valence-corrected chi connectivity index (χ2v) is 6.54. The topological polar surface area (TPSA) is 29.5 Å². The predicted molar refractivity (Wildman–Crippen MR) is 104 cm³/mol. The zero-order valence-electron chi connectivity index (χ0n) is 13.2. The van der Waals surface area contributed by atoms with E-state index in [4.69, 9.17) is 4.74 Å². The van der Waals surface area contributed by atoms with Gasteiger partial charge in [-0.05, 0) is 54.3 Å². The molecule has 0 spiro atoms. The maximum absolute atomic E-state index is 12.2. The highest BCUT2D eigenvalue weighted by atomic mass is 127. The summed E-state index contributed by atoms with van der Waals surface area (Å²) in [6, 6.07) is 17.7. The third-order valence-corrected chi connectivity index (χ3v) is 4.21. The van der Waals surface area contributed by atoms with E-state index in [1.165, 1.54) is 5.56 Å². The van der Waals surface area contributed by atoms with Gasteiger partial charge < -0.3 is 4.74 Å². The summed E-state index contributed by atoms with van der Waals surface area (Å²) in [6.45, 7) is 3.46. The fourth-order valence-electron chi connectivity index (χ4n) is 2.31. The molecule has 2 aromatic carbocycles. The van der Waals surface area contributed by atoms with Crippen LogP contribution < -0.4 is 0 Å². The van der Waals surface area contributed by atoms with E-state index in [0.717, 1.165) is 10.1 Å². The van der Waals surface area contributed by atoms with Crippen molar-refractivity contribution in [2.45, 2.75) is 19.6 Å². The Hall–Kier alpha value is -1.11. The number of likely N-dealkylation sites (N-methyl/N-ethyl adjacent to an activating group) is 1. The summed E-state index contributed by atoms with van der Waals surface area (Å²) < 4.78 is 6.45. The number of hydrogen-bond donors (Lipinski definition) is 0. The van der Waals surface area contributed by atoms with Gasteiger partial charge in [0.05, 0.1) is 5.56 Å². The molecule has 0 heterocycles. The Kier molecular flexibility index (Phi) is 8.58.